The fourth-order valence-corrected chi connectivity index (χ4v) is 3.78. The van der Waals surface area contributed by atoms with Gasteiger partial charge in [-0.25, -0.2) is 4.79 Å². The second kappa shape index (κ2) is 8.52. The first-order valence-corrected chi connectivity index (χ1v) is 9.68. The van der Waals surface area contributed by atoms with Crippen LogP contribution in [0.1, 0.15) is 33.1 Å². The molecule has 1 aliphatic heterocycles. The van der Waals surface area contributed by atoms with Gasteiger partial charge in [-0.1, -0.05) is 19.1 Å². The first-order chi connectivity index (χ1) is 13.0. The number of hydrogen-bond acceptors (Lipinski definition) is 4. The Hall–Kier alpha value is -2.41. The summed E-state index contributed by atoms with van der Waals surface area (Å²) in [6.45, 7) is 7.40. The Balaban J connectivity index is 1.58. The van der Waals surface area contributed by atoms with E-state index in [1.807, 2.05) is 0 Å². The molecule has 0 saturated carbocycles. The number of aryl methyl sites for hydroxylation is 1. The summed E-state index contributed by atoms with van der Waals surface area (Å²) in [7, 11) is 0. The number of carbonyl (C=O) groups is 1. The molecule has 1 fully saturated rings. The third-order valence-corrected chi connectivity index (χ3v) is 5.37. The van der Waals surface area contributed by atoms with Gasteiger partial charge in [-0.05, 0) is 44.4 Å². The van der Waals surface area contributed by atoms with E-state index >= 15 is 0 Å². The van der Waals surface area contributed by atoms with Crippen molar-refractivity contribution in [1.29, 1.82) is 0 Å². The largest absolute Gasteiger partial charge is 0.354 e. The third kappa shape index (κ3) is 4.66. The van der Waals surface area contributed by atoms with Crippen molar-refractivity contribution in [2.75, 3.05) is 19.6 Å². The maximum absolute atomic E-state index is 12.3. The zero-order chi connectivity index (χ0) is 19.4. The first kappa shape index (κ1) is 19.4. The number of nitrogens with one attached hydrogen (secondary N) is 2. The summed E-state index contributed by atoms with van der Waals surface area (Å²) in [5.41, 5.74) is -0.335. The van der Waals surface area contributed by atoms with Gasteiger partial charge in [-0.3, -0.25) is 24.0 Å². The van der Waals surface area contributed by atoms with Crippen molar-refractivity contribution in [3.05, 3.63) is 45.1 Å². The average molecular weight is 372 g/mol. The molecule has 0 radical (unpaired) electrons. The van der Waals surface area contributed by atoms with Gasteiger partial charge in [0.15, 0.2) is 0 Å². The minimum Gasteiger partial charge on any atom is -0.354 e. The standard InChI is InChI=1S/C20H28N4O3/c1-14-6-5-10-23(13-14)15(2)12-21-18(25)9-11-24-17-8-4-3-7-16(17)19(26)22-20(24)27/h3-4,7-8,14-15H,5-6,9-13H2,1-2H3,(H,21,25)(H,22,26,27). The molecular weight excluding hydrogens is 344 g/mol. The third-order valence-electron chi connectivity index (χ3n) is 5.37. The molecule has 1 saturated heterocycles. The van der Waals surface area contributed by atoms with Gasteiger partial charge in [0.2, 0.25) is 5.91 Å². The van der Waals surface area contributed by atoms with Crippen molar-refractivity contribution in [3.8, 4) is 0 Å². The highest BCUT2D eigenvalue weighted by atomic mass is 16.2. The molecule has 27 heavy (non-hydrogen) atoms. The van der Waals surface area contributed by atoms with Crippen LogP contribution in [0.25, 0.3) is 10.9 Å². The molecule has 1 amide bonds. The molecule has 7 nitrogen and oxygen atoms in total. The molecule has 0 aliphatic carbocycles. The second-order valence-electron chi connectivity index (χ2n) is 7.57. The molecule has 0 spiro atoms. The number of amides is 1. The predicted octanol–water partition coefficient (Wildman–Crippen LogP) is 1.32. The van der Waals surface area contributed by atoms with Crippen LogP contribution in [0.4, 0.5) is 0 Å². The average Bonchev–Trinajstić information content (AvgIpc) is 2.66. The van der Waals surface area contributed by atoms with Gasteiger partial charge in [-0.15, -0.1) is 0 Å². The molecule has 2 N–H and O–H groups in total. The van der Waals surface area contributed by atoms with Crippen molar-refractivity contribution in [2.45, 2.75) is 45.7 Å². The van der Waals surface area contributed by atoms with Gasteiger partial charge >= 0.3 is 5.69 Å². The number of fused-ring (bicyclic) bond motifs is 1. The maximum Gasteiger partial charge on any atom is 0.328 e. The molecule has 2 aromatic rings. The van der Waals surface area contributed by atoms with Crippen molar-refractivity contribution in [1.82, 2.24) is 19.8 Å². The summed E-state index contributed by atoms with van der Waals surface area (Å²) in [6, 6.07) is 7.23. The van der Waals surface area contributed by atoms with Crippen LogP contribution in [0, 0.1) is 5.92 Å². The van der Waals surface area contributed by atoms with Crippen LogP contribution in [-0.4, -0.2) is 46.0 Å². The lowest BCUT2D eigenvalue weighted by Gasteiger charge is -2.35. The number of likely N-dealkylation sites (tertiary alicyclic amines) is 1. The lowest BCUT2D eigenvalue weighted by Crippen LogP contribution is -2.46. The van der Waals surface area contributed by atoms with Crippen molar-refractivity contribution >= 4 is 16.8 Å². The van der Waals surface area contributed by atoms with Crippen LogP contribution >= 0.6 is 0 Å². The van der Waals surface area contributed by atoms with Gasteiger partial charge in [-0.2, -0.15) is 0 Å². The molecule has 1 aromatic carbocycles. The number of rotatable bonds is 6. The predicted molar refractivity (Wildman–Crippen MR) is 106 cm³/mol. The number of H-pyrrole nitrogens is 1. The number of aromatic amines is 1. The maximum atomic E-state index is 12.3. The first-order valence-electron chi connectivity index (χ1n) is 9.68. The fraction of sp³-hybridized carbons (Fsp3) is 0.550. The van der Waals surface area contributed by atoms with E-state index < -0.39 is 11.2 Å². The molecule has 146 valence electrons. The van der Waals surface area contributed by atoms with Gasteiger partial charge in [0.25, 0.3) is 5.56 Å². The minimum atomic E-state index is -0.484. The molecule has 2 heterocycles. The number of aromatic nitrogens is 2. The molecule has 7 heteroatoms. The van der Waals surface area contributed by atoms with E-state index in [1.54, 1.807) is 24.3 Å². The van der Waals surface area contributed by atoms with E-state index in [0.717, 1.165) is 13.1 Å². The van der Waals surface area contributed by atoms with Crippen molar-refractivity contribution in [3.63, 3.8) is 0 Å². The zero-order valence-electron chi connectivity index (χ0n) is 16.0. The Morgan fingerprint density at radius 3 is 2.89 bits per heavy atom. The summed E-state index contributed by atoms with van der Waals surface area (Å²) >= 11 is 0. The summed E-state index contributed by atoms with van der Waals surface area (Å²) in [5.74, 6) is 0.617. The number of piperidine rings is 1. The zero-order valence-corrected chi connectivity index (χ0v) is 16.0. The lowest BCUT2D eigenvalue weighted by atomic mass is 9.99. The SMILES string of the molecule is CC1CCCN(C(C)CNC(=O)CCn2c(=O)[nH]c(=O)c3ccccc32)C1. The van der Waals surface area contributed by atoms with Gasteiger partial charge in [0, 0.05) is 32.1 Å². The molecule has 3 rings (SSSR count). The summed E-state index contributed by atoms with van der Waals surface area (Å²) in [5, 5.41) is 3.43. The number of hydrogen-bond donors (Lipinski definition) is 2. The summed E-state index contributed by atoms with van der Waals surface area (Å²) < 4.78 is 1.45. The van der Waals surface area contributed by atoms with Crippen LogP contribution in [0.15, 0.2) is 33.9 Å². The van der Waals surface area contributed by atoms with E-state index in [1.165, 1.54) is 17.4 Å². The van der Waals surface area contributed by atoms with E-state index in [9.17, 15) is 14.4 Å². The quantitative estimate of drug-likeness (QED) is 0.801. The van der Waals surface area contributed by atoms with Crippen LogP contribution in [-0.2, 0) is 11.3 Å². The topological polar surface area (TPSA) is 87.2 Å². The normalized spacial score (nSPS) is 19.1. The molecule has 2 atom stereocenters. The van der Waals surface area contributed by atoms with Crippen LogP contribution in [0.2, 0.25) is 0 Å². The van der Waals surface area contributed by atoms with E-state index in [-0.39, 0.29) is 18.9 Å². The molecule has 2 unspecified atom stereocenters. The highest BCUT2D eigenvalue weighted by molar-refractivity contribution is 5.78. The molecule has 1 aliphatic rings. The Kier molecular flexibility index (Phi) is 6.11. The van der Waals surface area contributed by atoms with Gasteiger partial charge in [0.05, 0.1) is 10.9 Å². The van der Waals surface area contributed by atoms with Crippen LogP contribution < -0.4 is 16.6 Å². The highest BCUT2D eigenvalue weighted by Gasteiger charge is 2.21. The number of nitrogens with zero attached hydrogens (tertiary/aromatic N) is 2. The van der Waals surface area contributed by atoms with Crippen LogP contribution in [0.3, 0.4) is 0 Å². The monoisotopic (exact) mass is 372 g/mol. The van der Waals surface area contributed by atoms with Crippen LogP contribution in [0.5, 0.6) is 0 Å². The smallest absolute Gasteiger partial charge is 0.328 e. The Labute approximate surface area is 158 Å². The Morgan fingerprint density at radius 2 is 2.11 bits per heavy atom. The Bertz CT molecular complexity index is 917. The highest BCUT2D eigenvalue weighted by Crippen LogP contribution is 2.17. The second-order valence-corrected chi connectivity index (χ2v) is 7.57. The molecule has 1 aromatic heterocycles. The van der Waals surface area contributed by atoms with Gasteiger partial charge < -0.3 is 5.32 Å². The number of benzene rings is 1. The summed E-state index contributed by atoms with van der Waals surface area (Å²) in [6.07, 6.45) is 2.68. The lowest BCUT2D eigenvalue weighted by molar-refractivity contribution is -0.121. The fourth-order valence-electron chi connectivity index (χ4n) is 3.78. The van der Waals surface area contributed by atoms with Crippen molar-refractivity contribution < 1.29 is 4.79 Å². The molecule has 0 bridgehead atoms. The Morgan fingerprint density at radius 1 is 1.33 bits per heavy atom. The van der Waals surface area contributed by atoms with E-state index in [4.69, 9.17) is 0 Å². The summed E-state index contributed by atoms with van der Waals surface area (Å²) in [4.78, 5) is 41.0. The van der Waals surface area contributed by atoms with Crippen molar-refractivity contribution in [2.24, 2.45) is 5.92 Å². The minimum absolute atomic E-state index is 0.0888. The number of para-hydroxylation sites is 1. The molecular formula is C20H28N4O3. The van der Waals surface area contributed by atoms with E-state index in [0.29, 0.717) is 29.4 Å². The number of carbonyl (C=O) groups excluding carboxylic acids is 1. The van der Waals surface area contributed by atoms with Gasteiger partial charge in [0.1, 0.15) is 0 Å². The van der Waals surface area contributed by atoms with E-state index in [2.05, 4.69) is 29.0 Å².